The minimum atomic E-state index is 0.948. The van der Waals surface area contributed by atoms with Crippen LogP contribution < -0.4 is 0 Å². The molecule has 2 saturated carbocycles. The molecule has 2 aliphatic rings. The van der Waals surface area contributed by atoms with Gasteiger partial charge in [0.2, 0.25) is 0 Å². The van der Waals surface area contributed by atoms with E-state index in [1.807, 2.05) is 0 Å². The van der Waals surface area contributed by atoms with Crippen molar-refractivity contribution in [3.63, 3.8) is 0 Å². The number of hydrogen-bond acceptors (Lipinski definition) is 0. The maximum absolute atomic E-state index is 2.50. The third-order valence-electron chi connectivity index (χ3n) is 2.93. The van der Waals surface area contributed by atoms with Crippen molar-refractivity contribution < 1.29 is 0 Å². The molecule has 0 spiro atoms. The summed E-state index contributed by atoms with van der Waals surface area (Å²) in [6, 6.07) is 0. The Morgan fingerprint density at radius 2 is 1.18 bits per heavy atom. The average molecular weight is 150 g/mol. The minimum Gasteiger partial charge on any atom is -0.0851 e. The van der Waals surface area contributed by atoms with Crippen molar-refractivity contribution in [3.05, 3.63) is 12.2 Å². The van der Waals surface area contributed by atoms with Crippen molar-refractivity contribution in [1.29, 1.82) is 0 Å². The summed E-state index contributed by atoms with van der Waals surface area (Å²) in [5.41, 5.74) is 0. The fourth-order valence-corrected chi connectivity index (χ4v) is 1.93. The van der Waals surface area contributed by atoms with Gasteiger partial charge in [0.05, 0.1) is 0 Å². The summed E-state index contributed by atoms with van der Waals surface area (Å²) in [7, 11) is 0. The summed E-state index contributed by atoms with van der Waals surface area (Å²) >= 11 is 0. The fourth-order valence-electron chi connectivity index (χ4n) is 1.93. The second-order valence-electron chi connectivity index (χ2n) is 4.12. The number of allylic oxidation sites excluding steroid dienone is 2. The lowest BCUT2D eigenvalue weighted by Gasteiger charge is -2.17. The molecule has 0 aromatic heterocycles. The van der Waals surface area contributed by atoms with Gasteiger partial charge in [-0.3, -0.25) is 0 Å². The standard InChI is InChI=1S/C11H18/c1-2-4-10(5-3-1)6-7-11-8-9-11/h6-7,10-11H,1-5,8-9H2/b7-6-. The fraction of sp³-hybridized carbons (Fsp3) is 0.818. The molecule has 0 N–H and O–H groups in total. The van der Waals surface area contributed by atoms with Gasteiger partial charge < -0.3 is 0 Å². The van der Waals surface area contributed by atoms with Crippen LogP contribution in [0.5, 0.6) is 0 Å². The van der Waals surface area contributed by atoms with Gasteiger partial charge in [-0.2, -0.15) is 0 Å². The van der Waals surface area contributed by atoms with Gasteiger partial charge in [0.25, 0.3) is 0 Å². The first kappa shape index (κ1) is 7.39. The van der Waals surface area contributed by atoms with Crippen molar-refractivity contribution in [2.75, 3.05) is 0 Å². The van der Waals surface area contributed by atoms with Gasteiger partial charge >= 0.3 is 0 Å². The lowest BCUT2D eigenvalue weighted by atomic mass is 9.89. The smallest absolute Gasteiger partial charge is 0.0233 e. The Morgan fingerprint density at radius 3 is 1.73 bits per heavy atom. The van der Waals surface area contributed by atoms with Gasteiger partial charge in [0.1, 0.15) is 0 Å². The zero-order valence-electron chi connectivity index (χ0n) is 7.26. The Balaban J connectivity index is 1.74. The molecule has 0 bridgehead atoms. The van der Waals surface area contributed by atoms with E-state index < -0.39 is 0 Å². The van der Waals surface area contributed by atoms with Crippen LogP contribution in [0.4, 0.5) is 0 Å². The lowest BCUT2D eigenvalue weighted by Crippen LogP contribution is -2.02. The SMILES string of the molecule is C(=C/C1CC1)/C1CCCCC1. The summed E-state index contributed by atoms with van der Waals surface area (Å²) in [5.74, 6) is 1.93. The lowest BCUT2D eigenvalue weighted by molar-refractivity contribution is 0.418. The molecular weight excluding hydrogens is 132 g/mol. The Hall–Kier alpha value is -0.260. The number of hydrogen-bond donors (Lipinski definition) is 0. The third kappa shape index (κ3) is 2.36. The maximum atomic E-state index is 2.50. The number of rotatable bonds is 2. The van der Waals surface area contributed by atoms with Gasteiger partial charge in [0.15, 0.2) is 0 Å². The molecule has 0 nitrogen and oxygen atoms in total. The van der Waals surface area contributed by atoms with E-state index in [2.05, 4.69) is 12.2 Å². The Kier molecular flexibility index (Phi) is 2.30. The molecule has 0 atom stereocenters. The van der Waals surface area contributed by atoms with Crippen molar-refractivity contribution in [3.8, 4) is 0 Å². The highest BCUT2D eigenvalue weighted by Crippen LogP contribution is 2.32. The zero-order valence-corrected chi connectivity index (χ0v) is 7.26. The van der Waals surface area contributed by atoms with Gasteiger partial charge in [-0.1, -0.05) is 31.4 Å². The van der Waals surface area contributed by atoms with Crippen LogP contribution in [0.2, 0.25) is 0 Å². The van der Waals surface area contributed by atoms with E-state index in [0.29, 0.717) is 0 Å². The quantitative estimate of drug-likeness (QED) is 0.528. The van der Waals surface area contributed by atoms with Crippen molar-refractivity contribution in [1.82, 2.24) is 0 Å². The first-order valence-electron chi connectivity index (χ1n) is 5.13. The van der Waals surface area contributed by atoms with Gasteiger partial charge in [0, 0.05) is 0 Å². The van der Waals surface area contributed by atoms with Crippen LogP contribution in [0.15, 0.2) is 12.2 Å². The topological polar surface area (TPSA) is 0 Å². The van der Waals surface area contributed by atoms with E-state index in [1.165, 1.54) is 44.9 Å². The third-order valence-corrected chi connectivity index (χ3v) is 2.93. The highest BCUT2D eigenvalue weighted by Gasteiger charge is 2.18. The van der Waals surface area contributed by atoms with E-state index in [4.69, 9.17) is 0 Å². The molecule has 0 aromatic carbocycles. The van der Waals surface area contributed by atoms with Gasteiger partial charge in [-0.25, -0.2) is 0 Å². The predicted molar refractivity (Wildman–Crippen MR) is 48.4 cm³/mol. The van der Waals surface area contributed by atoms with Crippen LogP contribution in [-0.2, 0) is 0 Å². The molecule has 0 unspecified atom stereocenters. The van der Waals surface area contributed by atoms with Crippen molar-refractivity contribution >= 4 is 0 Å². The first-order chi connectivity index (χ1) is 5.45. The van der Waals surface area contributed by atoms with E-state index >= 15 is 0 Å². The van der Waals surface area contributed by atoms with Gasteiger partial charge in [-0.05, 0) is 37.5 Å². The molecule has 2 rings (SSSR count). The van der Waals surface area contributed by atoms with Crippen LogP contribution in [0, 0.1) is 11.8 Å². The highest BCUT2D eigenvalue weighted by molar-refractivity contribution is 4.99. The molecule has 0 radical (unpaired) electrons. The van der Waals surface area contributed by atoms with Crippen LogP contribution >= 0.6 is 0 Å². The monoisotopic (exact) mass is 150 g/mol. The van der Waals surface area contributed by atoms with E-state index in [0.717, 1.165) is 11.8 Å². The van der Waals surface area contributed by atoms with Crippen molar-refractivity contribution in [2.45, 2.75) is 44.9 Å². The molecule has 0 heterocycles. The van der Waals surface area contributed by atoms with E-state index in [1.54, 1.807) is 0 Å². The predicted octanol–water partition coefficient (Wildman–Crippen LogP) is 3.53. The molecule has 2 aliphatic carbocycles. The summed E-state index contributed by atoms with van der Waals surface area (Å²) in [4.78, 5) is 0. The molecule has 62 valence electrons. The summed E-state index contributed by atoms with van der Waals surface area (Å²) in [6.07, 6.45) is 15.2. The molecule has 2 fully saturated rings. The summed E-state index contributed by atoms with van der Waals surface area (Å²) in [5, 5.41) is 0. The Bertz CT molecular complexity index is 136. The molecule has 0 amide bonds. The largest absolute Gasteiger partial charge is 0.0851 e. The second kappa shape index (κ2) is 3.42. The van der Waals surface area contributed by atoms with Crippen LogP contribution in [0.3, 0.4) is 0 Å². The molecule has 0 aromatic rings. The molecule has 0 heteroatoms. The van der Waals surface area contributed by atoms with E-state index in [9.17, 15) is 0 Å². The highest BCUT2D eigenvalue weighted by atomic mass is 14.2. The second-order valence-corrected chi connectivity index (χ2v) is 4.12. The van der Waals surface area contributed by atoms with Gasteiger partial charge in [-0.15, -0.1) is 0 Å². The zero-order chi connectivity index (χ0) is 7.52. The average Bonchev–Trinajstić information content (AvgIpc) is 2.86. The molecule has 0 aliphatic heterocycles. The molecular formula is C11H18. The maximum Gasteiger partial charge on any atom is -0.0233 e. The normalized spacial score (nSPS) is 28.0. The van der Waals surface area contributed by atoms with E-state index in [-0.39, 0.29) is 0 Å². The van der Waals surface area contributed by atoms with Crippen LogP contribution in [0.1, 0.15) is 44.9 Å². The van der Waals surface area contributed by atoms with Crippen LogP contribution in [-0.4, -0.2) is 0 Å². The Labute approximate surface area is 69.7 Å². The van der Waals surface area contributed by atoms with Crippen molar-refractivity contribution in [2.24, 2.45) is 11.8 Å². The minimum absolute atomic E-state index is 0.948. The van der Waals surface area contributed by atoms with Crippen LogP contribution in [0.25, 0.3) is 0 Å². The summed E-state index contributed by atoms with van der Waals surface area (Å²) in [6.45, 7) is 0. The summed E-state index contributed by atoms with van der Waals surface area (Å²) < 4.78 is 0. The molecule has 0 saturated heterocycles. The molecule has 11 heavy (non-hydrogen) atoms. The first-order valence-corrected chi connectivity index (χ1v) is 5.13. The Morgan fingerprint density at radius 1 is 0.636 bits per heavy atom.